The number of hydrogen-bond acceptors (Lipinski definition) is 6. The summed E-state index contributed by atoms with van der Waals surface area (Å²) in [6.45, 7) is 1.85. The summed E-state index contributed by atoms with van der Waals surface area (Å²) in [5.41, 5.74) is 0.792. The van der Waals surface area contributed by atoms with Gasteiger partial charge in [-0.05, 0) is 43.2 Å². The first-order valence-corrected chi connectivity index (χ1v) is 12.1. The van der Waals surface area contributed by atoms with Gasteiger partial charge in [0.05, 0.1) is 30.7 Å². The summed E-state index contributed by atoms with van der Waals surface area (Å²) in [5.74, 6) is 1.19. The third-order valence-corrected chi connectivity index (χ3v) is 7.28. The smallest absolute Gasteiger partial charge is 0.263 e. The van der Waals surface area contributed by atoms with Crippen LogP contribution < -0.4 is 14.2 Å². The molecule has 2 atom stereocenters. The highest BCUT2D eigenvalue weighted by Gasteiger charge is 2.36. The van der Waals surface area contributed by atoms with Crippen LogP contribution in [-0.2, 0) is 21.2 Å². The molecule has 2 aromatic carbocycles. The van der Waals surface area contributed by atoms with E-state index < -0.39 is 22.0 Å². The van der Waals surface area contributed by atoms with Crippen LogP contribution in [0.3, 0.4) is 0 Å². The molecule has 0 bridgehead atoms. The number of halogens is 1. The number of amides is 1. The second kappa shape index (κ2) is 9.78. The fraction of sp³-hybridized carbons (Fsp3) is 0.409. The summed E-state index contributed by atoms with van der Waals surface area (Å²) >= 11 is 6.15. The first-order valence-electron chi connectivity index (χ1n) is 9.87. The van der Waals surface area contributed by atoms with Gasteiger partial charge in [-0.15, -0.1) is 0 Å². The molecule has 1 heterocycles. The minimum Gasteiger partial charge on any atom is -0.493 e. The zero-order chi connectivity index (χ0) is 22.6. The third-order valence-electron chi connectivity index (χ3n) is 5.22. The Morgan fingerprint density at radius 2 is 1.84 bits per heavy atom. The van der Waals surface area contributed by atoms with E-state index in [2.05, 4.69) is 0 Å². The lowest BCUT2D eigenvalue weighted by Gasteiger charge is -2.31. The van der Waals surface area contributed by atoms with Crippen LogP contribution in [0.25, 0.3) is 0 Å². The quantitative estimate of drug-likeness (QED) is 0.592. The molecule has 168 valence electrons. The monoisotopic (exact) mass is 467 g/mol. The van der Waals surface area contributed by atoms with Gasteiger partial charge in [-0.3, -0.25) is 4.79 Å². The Kier molecular flexibility index (Phi) is 7.33. The van der Waals surface area contributed by atoms with Crippen LogP contribution in [0.15, 0.2) is 42.5 Å². The van der Waals surface area contributed by atoms with Gasteiger partial charge >= 0.3 is 0 Å². The topological polar surface area (TPSA) is 82.1 Å². The average molecular weight is 468 g/mol. The number of benzene rings is 2. The number of nitrogens with zero attached hydrogens (tertiary/aromatic N) is 1. The Hall–Kier alpha value is -2.45. The van der Waals surface area contributed by atoms with Crippen LogP contribution in [0.4, 0.5) is 0 Å². The van der Waals surface area contributed by atoms with Gasteiger partial charge in [0.2, 0.25) is 0 Å². The van der Waals surface area contributed by atoms with Crippen molar-refractivity contribution < 1.29 is 27.4 Å². The largest absolute Gasteiger partial charge is 0.493 e. The average Bonchev–Trinajstić information content (AvgIpc) is 3.12. The fourth-order valence-electron chi connectivity index (χ4n) is 3.60. The highest BCUT2D eigenvalue weighted by atomic mass is 35.5. The molecule has 0 radical (unpaired) electrons. The molecule has 2 aromatic rings. The van der Waals surface area contributed by atoms with Gasteiger partial charge < -0.3 is 19.1 Å². The molecule has 1 amide bonds. The number of carbonyl (C=O) groups is 1. The summed E-state index contributed by atoms with van der Waals surface area (Å²) in [6.07, 6.45) is -0.455. The van der Waals surface area contributed by atoms with E-state index in [9.17, 15) is 13.2 Å². The molecule has 0 aliphatic carbocycles. The summed E-state index contributed by atoms with van der Waals surface area (Å²) in [5, 5.41) is 0.400. The fourth-order valence-corrected chi connectivity index (χ4v) is 5.51. The van der Waals surface area contributed by atoms with E-state index in [1.807, 2.05) is 6.07 Å². The Balaban J connectivity index is 1.86. The number of carbonyl (C=O) groups excluding carboxylic acids is 1. The standard InChI is InChI=1S/C22H26ClNO6S/c1-15(30-19-7-5-4-6-18(19)23)22(25)24(17-10-11-31(26,27)14-17)13-16-8-9-20(28-2)21(12-16)29-3/h4-9,12,15,17H,10-11,13-14H2,1-3H3. The lowest BCUT2D eigenvalue weighted by Crippen LogP contribution is -2.46. The molecular weight excluding hydrogens is 442 g/mol. The van der Waals surface area contributed by atoms with Crippen LogP contribution in [0.5, 0.6) is 17.2 Å². The van der Waals surface area contributed by atoms with E-state index in [4.69, 9.17) is 25.8 Å². The molecule has 0 spiro atoms. The lowest BCUT2D eigenvalue weighted by atomic mass is 10.1. The maximum Gasteiger partial charge on any atom is 0.263 e. The molecule has 1 aliphatic heterocycles. The number of para-hydroxylation sites is 1. The van der Waals surface area contributed by atoms with Crippen LogP contribution in [0.1, 0.15) is 18.9 Å². The van der Waals surface area contributed by atoms with Crippen molar-refractivity contribution in [2.75, 3.05) is 25.7 Å². The SMILES string of the molecule is COc1ccc(CN(C(=O)C(C)Oc2ccccc2Cl)C2CCS(=O)(=O)C2)cc1OC. The number of methoxy groups -OCH3 is 2. The summed E-state index contributed by atoms with van der Waals surface area (Å²) in [6, 6.07) is 11.8. The van der Waals surface area contributed by atoms with Gasteiger partial charge in [0.15, 0.2) is 27.4 Å². The van der Waals surface area contributed by atoms with Crippen molar-refractivity contribution in [3.63, 3.8) is 0 Å². The zero-order valence-electron chi connectivity index (χ0n) is 17.7. The molecule has 31 heavy (non-hydrogen) atoms. The third kappa shape index (κ3) is 5.62. The molecule has 3 rings (SSSR count). The van der Waals surface area contributed by atoms with E-state index in [1.54, 1.807) is 55.3 Å². The van der Waals surface area contributed by atoms with Gasteiger partial charge in [0.25, 0.3) is 5.91 Å². The molecule has 7 nitrogen and oxygen atoms in total. The van der Waals surface area contributed by atoms with Gasteiger partial charge in [0.1, 0.15) is 5.75 Å². The van der Waals surface area contributed by atoms with Crippen LogP contribution in [-0.4, -0.2) is 57.1 Å². The van der Waals surface area contributed by atoms with Gasteiger partial charge in [-0.25, -0.2) is 8.42 Å². The number of sulfone groups is 1. The van der Waals surface area contributed by atoms with E-state index in [0.717, 1.165) is 5.56 Å². The van der Waals surface area contributed by atoms with Crippen LogP contribution in [0.2, 0.25) is 5.02 Å². The highest BCUT2D eigenvalue weighted by Crippen LogP contribution is 2.30. The summed E-state index contributed by atoms with van der Waals surface area (Å²) < 4.78 is 40.6. The zero-order valence-corrected chi connectivity index (χ0v) is 19.3. The van der Waals surface area contributed by atoms with Crippen molar-refractivity contribution in [1.29, 1.82) is 0 Å². The van der Waals surface area contributed by atoms with E-state index in [0.29, 0.717) is 28.7 Å². The predicted molar refractivity (Wildman–Crippen MR) is 119 cm³/mol. The minimum atomic E-state index is -3.18. The normalized spacial score (nSPS) is 18.3. The minimum absolute atomic E-state index is 0.0626. The van der Waals surface area contributed by atoms with Crippen molar-refractivity contribution in [2.45, 2.75) is 32.0 Å². The molecule has 0 N–H and O–H groups in total. The Morgan fingerprint density at radius 1 is 1.13 bits per heavy atom. The number of rotatable bonds is 8. The van der Waals surface area contributed by atoms with Gasteiger partial charge in [-0.1, -0.05) is 29.8 Å². The number of ether oxygens (including phenoxy) is 3. The second-order valence-electron chi connectivity index (χ2n) is 7.40. The van der Waals surface area contributed by atoms with Crippen LogP contribution >= 0.6 is 11.6 Å². The molecule has 0 aromatic heterocycles. The maximum absolute atomic E-state index is 13.3. The molecule has 1 aliphatic rings. The lowest BCUT2D eigenvalue weighted by molar-refractivity contribution is -0.140. The molecular formula is C22H26ClNO6S. The predicted octanol–water partition coefficient (Wildman–Crippen LogP) is 3.34. The van der Waals surface area contributed by atoms with Crippen molar-refractivity contribution in [3.8, 4) is 17.2 Å². The van der Waals surface area contributed by atoms with Gasteiger partial charge in [0, 0.05) is 12.6 Å². The van der Waals surface area contributed by atoms with Crippen molar-refractivity contribution >= 4 is 27.3 Å². The van der Waals surface area contributed by atoms with Crippen molar-refractivity contribution in [2.24, 2.45) is 0 Å². The van der Waals surface area contributed by atoms with Crippen molar-refractivity contribution in [1.82, 2.24) is 4.90 Å². The number of hydrogen-bond donors (Lipinski definition) is 0. The molecule has 1 fully saturated rings. The first-order chi connectivity index (χ1) is 14.7. The molecule has 1 saturated heterocycles. The van der Waals surface area contributed by atoms with E-state index >= 15 is 0 Å². The molecule has 0 saturated carbocycles. The molecule has 2 unspecified atom stereocenters. The Labute approximate surface area is 187 Å². The Morgan fingerprint density at radius 3 is 2.45 bits per heavy atom. The highest BCUT2D eigenvalue weighted by molar-refractivity contribution is 7.91. The van der Waals surface area contributed by atoms with E-state index in [-0.39, 0.29) is 24.0 Å². The van der Waals surface area contributed by atoms with Crippen molar-refractivity contribution in [3.05, 3.63) is 53.1 Å². The second-order valence-corrected chi connectivity index (χ2v) is 10.0. The van der Waals surface area contributed by atoms with Crippen LogP contribution in [0, 0.1) is 0 Å². The Bertz CT molecular complexity index is 1040. The maximum atomic E-state index is 13.3. The van der Waals surface area contributed by atoms with E-state index in [1.165, 1.54) is 7.11 Å². The molecule has 9 heteroatoms. The summed E-state index contributed by atoms with van der Waals surface area (Å²) in [7, 11) is -0.100. The summed E-state index contributed by atoms with van der Waals surface area (Å²) in [4.78, 5) is 14.9. The first kappa shape index (κ1) is 23.2. The van der Waals surface area contributed by atoms with Gasteiger partial charge in [-0.2, -0.15) is 0 Å².